The third-order valence-corrected chi connectivity index (χ3v) is 2.27. The molecule has 0 aromatic heterocycles. The smallest absolute Gasteiger partial charge is 0.232 e. The number of hydrogen-bond acceptors (Lipinski definition) is 6. The van der Waals surface area contributed by atoms with Crippen LogP contribution in [0.5, 0.6) is 0 Å². The molecule has 1 atom stereocenters. The zero-order chi connectivity index (χ0) is 11.5. The summed E-state index contributed by atoms with van der Waals surface area (Å²) in [5.41, 5.74) is 0. The quantitative estimate of drug-likeness (QED) is 0.532. The van der Waals surface area contributed by atoms with Crippen LogP contribution in [0.1, 0.15) is 6.92 Å². The van der Waals surface area contributed by atoms with E-state index in [-0.39, 0.29) is 5.96 Å². The number of nitrogens with zero attached hydrogens (tertiary/aromatic N) is 2. The van der Waals surface area contributed by atoms with Crippen LogP contribution in [0.25, 0.3) is 0 Å². The Hall–Kier alpha value is -0.860. The monoisotopic (exact) mass is 236 g/mol. The molecule has 7 nitrogen and oxygen atoms in total. The fourth-order valence-corrected chi connectivity index (χ4v) is 1.69. The molecule has 3 N–H and O–H groups in total. The molecule has 0 saturated heterocycles. The summed E-state index contributed by atoms with van der Waals surface area (Å²) >= 11 is 0. The Morgan fingerprint density at radius 1 is 1.73 bits per heavy atom. The lowest BCUT2D eigenvalue weighted by atomic mass is 10.4. The molecule has 8 heteroatoms. The second-order valence-corrected chi connectivity index (χ2v) is 5.31. The molecule has 15 heavy (non-hydrogen) atoms. The number of nitrogens with one attached hydrogen (secondary N) is 2. The average Bonchev–Trinajstić information content (AvgIpc) is 2.05. The van der Waals surface area contributed by atoms with Gasteiger partial charge in [0.15, 0.2) is 0 Å². The molecule has 1 aliphatic rings. The van der Waals surface area contributed by atoms with E-state index in [9.17, 15) is 8.42 Å². The van der Waals surface area contributed by atoms with Gasteiger partial charge in [0.05, 0.1) is 25.7 Å². The molecule has 0 aromatic carbocycles. The topological polar surface area (TPSA) is 94.0 Å². The predicted octanol–water partition coefficient (Wildman–Crippen LogP) is -1.91. The number of guanidine groups is 1. The Kier molecular flexibility index (Phi) is 3.89. The van der Waals surface area contributed by atoms with Gasteiger partial charge < -0.3 is 10.4 Å². The number of β-amino-alcohol motifs (C(OH)–C–C–N with tert-alkyl or cyclic N) is 1. The van der Waals surface area contributed by atoms with Crippen LogP contribution >= 0.6 is 0 Å². The standard InChI is InChI=1S/C7H16N4O3S/c1-6(12)3-11-4-8-7(9-5-11)10-15(2,13)14/h6,12H,3-5H2,1-2H3,(H2,8,9,10)/t6-/m1/s1. The number of rotatable bonds is 3. The number of hydrogen-bond donors (Lipinski definition) is 3. The number of aliphatic hydroxyl groups excluding tert-OH is 1. The lowest BCUT2D eigenvalue weighted by molar-refractivity contribution is 0.123. The molecular weight excluding hydrogens is 220 g/mol. The number of aliphatic hydroxyl groups is 1. The van der Waals surface area contributed by atoms with Crippen molar-refractivity contribution in [3.63, 3.8) is 0 Å². The highest BCUT2D eigenvalue weighted by atomic mass is 32.2. The Bertz CT molecular complexity index is 338. The second kappa shape index (κ2) is 4.77. The van der Waals surface area contributed by atoms with Gasteiger partial charge in [0.1, 0.15) is 0 Å². The predicted molar refractivity (Wildman–Crippen MR) is 56.7 cm³/mol. The van der Waals surface area contributed by atoms with Crippen molar-refractivity contribution in [3.8, 4) is 0 Å². The summed E-state index contributed by atoms with van der Waals surface area (Å²) in [6.07, 6.45) is 0.644. The summed E-state index contributed by atoms with van der Waals surface area (Å²) in [7, 11) is -3.28. The van der Waals surface area contributed by atoms with Gasteiger partial charge in [-0.05, 0) is 6.92 Å². The Morgan fingerprint density at radius 2 is 2.40 bits per heavy atom. The molecular formula is C7H16N4O3S. The van der Waals surface area contributed by atoms with Gasteiger partial charge >= 0.3 is 0 Å². The van der Waals surface area contributed by atoms with Crippen LogP contribution in [-0.2, 0) is 10.0 Å². The first kappa shape index (κ1) is 12.2. The van der Waals surface area contributed by atoms with E-state index >= 15 is 0 Å². The molecule has 0 aliphatic carbocycles. The summed E-state index contributed by atoms with van der Waals surface area (Å²) in [5.74, 6) is 0.249. The molecule has 1 heterocycles. The van der Waals surface area contributed by atoms with Crippen LogP contribution in [0.3, 0.4) is 0 Å². The van der Waals surface area contributed by atoms with Crippen molar-refractivity contribution in [2.24, 2.45) is 4.99 Å². The highest BCUT2D eigenvalue weighted by molar-refractivity contribution is 7.89. The van der Waals surface area contributed by atoms with Crippen molar-refractivity contribution in [2.45, 2.75) is 13.0 Å². The Morgan fingerprint density at radius 3 is 2.80 bits per heavy atom. The molecule has 0 amide bonds. The Labute approximate surface area is 89.2 Å². The largest absolute Gasteiger partial charge is 0.392 e. The van der Waals surface area contributed by atoms with Crippen LogP contribution in [0.15, 0.2) is 4.99 Å². The summed E-state index contributed by atoms with van der Waals surface area (Å²) in [5, 5.41) is 11.9. The zero-order valence-electron chi connectivity index (χ0n) is 8.77. The van der Waals surface area contributed by atoms with Gasteiger partial charge in [0.25, 0.3) is 0 Å². The molecule has 1 rings (SSSR count). The van der Waals surface area contributed by atoms with E-state index in [0.717, 1.165) is 6.26 Å². The minimum Gasteiger partial charge on any atom is -0.392 e. The van der Waals surface area contributed by atoms with E-state index in [1.165, 1.54) is 0 Å². The molecule has 0 fully saturated rings. The summed E-state index contributed by atoms with van der Waals surface area (Å²) in [6.45, 7) is 3.03. The van der Waals surface area contributed by atoms with E-state index in [2.05, 4.69) is 15.0 Å². The van der Waals surface area contributed by atoms with Gasteiger partial charge in [-0.2, -0.15) is 0 Å². The minimum atomic E-state index is -3.28. The van der Waals surface area contributed by atoms with Gasteiger partial charge in [-0.25, -0.2) is 13.4 Å². The molecule has 0 radical (unpaired) electrons. The summed E-state index contributed by atoms with van der Waals surface area (Å²) < 4.78 is 24.0. The van der Waals surface area contributed by atoms with Crippen molar-refractivity contribution >= 4 is 16.0 Å². The van der Waals surface area contributed by atoms with E-state index in [1.807, 2.05) is 4.90 Å². The van der Waals surface area contributed by atoms with Crippen LogP contribution in [-0.4, -0.2) is 56.6 Å². The maximum absolute atomic E-state index is 10.9. The molecule has 0 bridgehead atoms. The van der Waals surface area contributed by atoms with Crippen LogP contribution < -0.4 is 10.0 Å². The molecule has 0 aromatic rings. The summed E-state index contributed by atoms with van der Waals surface area (Å²) in [6, 6.07) is 0. The second-order valence-electron chi connectivity index (χ2n) is 3.56. The normalized spacial score (nSPS) is 20.3. The van der Waals surface area contributed by atoms with Gasteiger partial charge in [-0.15, -0.1) is 0 Å². The average molecular weight is 236 g/mol. The van der Waals surface area contributed by atoms with Crippen molar-refractivity contribution < 1.29 is 13.5 Å². The third kappa shape index (κ3) is 4.96. The highest BCUT2D eigenvalue weighted by Gasteiger charge is 2.15. The van der Waals surface area contributed by atoms with Gasteiger partial charge in [0, 0.05) is 6.54 Å². The maximum Gasteiger partial charge on any atom is 0.232 e. The highest BCUT2D eigenvalue weighted by Crippen LogP contribution is 1.95. The maximum atomic E-state index is 10.9. The first-order chi connectivity index (χ1) is 6.87. The van der Waals surface area contributed by atoms with E-state index in [1.54, 1.807) is 6.92 Å². The lowest BCUT2D eigenvalue weighted by Gasteiger charge is -2.27. The van der Waals surface area contributed by atoms with Gasteiger partial charge in [0.2, 0.25) is 16.0 Å². The summed E-state index contributed by atoms with van der Waals surface area (Å²) in [4.78, 5) is 5.84. The molecule has 1 aliphatic heterocycles. The first-order valence-corrected chi connectivity index (χ1v) is 6.42. The number of aliphatic imine (C=N–C) groups is 1. The fourth-order valence-electron chi connectivity index (χ4n) is 1.20. The van der Waals surface area contributed by atoms with Crippen molar-refractivity contribution in [1.82, 2.24) is 14.9 Å². The molecule has 0 unspecified atom stereocenters. The van der Waals surface area contributed by atoms with Crippen LogP contribution in [0.4, 0.5) is 0 Å². The minimum absolute atomic E-state index is 0.249. The first-order valence-electron chi connectivity index (χ1n) is 4.53. The van der Waals surface area contributed by atoms with Crippen LogP contribution in [0, 0.1) is 0 Å². The lowest BCUT2D eigenvalue weighted by Crippen LogP contribution is -2.51. The van der Waals surface area contributed by atoms with Crippen molar-refractivity contribution in [1.29, 1.82) is 0 Å². The zero-order valence-corrected chi connectivity index (χ0v) is 9.58. The molecule has 0 spiro atoms. The van der Waals surface area contributed by atoms with Gasteiger partial charge in [-0.3, -0.25) is 9.62 Å². The van der Waals surface area contributed by atoms with Crippen molar-refractivity contribution in [3.05, 3.63) is 0 Å². The van der Waals surface area contributed by atoms with Crippen molar-refractivity contribution in [2.75, 3.05) is 26.1 Å². The molecule has 0 saturated carbocycles. The van der Waals surface area contributed by atoms with E-state index < -0.39 is 16.1 Å². The SMILES string of the molecule is C[C@@H](O)CN1CN=C(NS(C)(=O)=O)NC1. The third-order valence-electron chi connectivity index (χ3n) is 1.70. The van der Waals surface area contributed by atoms with Crippen LogP contribution in [0.2, 0.25) is 0 Å². The Balaban J connectivity index is 2.45. The van der Waals surface area contributed by atoms with E-state index in [4.69, 9.17) is 5.11 Å². The number of sulfonamides is 1. The fraction of sp³-hybridized carbons (Fsp3) is 0.857. The molecule has 88 valence electrons. The van der Waals surface area contributed by atoms with E-state index in [0.29, 0.717) is 19.9 Å². The van der Waals surface area contributed by atoms with Gasteiger partial charge in [-0.1, -0.05) is 0 Å².